The van der Waals surface area contributed by atoms with Crippen molar-refractivity contribution in [1.82, 2.24) is 9.97 Å². The van der Waals surface area contributed by atoms with E-state index in [0.717, 1.165) is 69.3 Å². The summed E-state index contributed by atoms with van der Waals surface area (Å²) >= 11 is 0. The van der Waals surface area contributed by atoms with Crippen molar-refractivity contribution >= 4 is 21.6 Å². The summed E-state index contributed by atoms with van der Waals surface area (Å²) in [5.74, 6) is 0.281. The number of carbonyl (C=O) groups excluding carboxylic acids is 1. The molecule has 2 atom stereocenters. The minimum Gasteiger partial charge on any atom is -0.393 e. The van der Waals surface area contributed by atoms with Gasteiger partial charge in [-0.3, -0.25) is 9.78 Å². The number of aromatic nitrogens is 2. The van der Waals surface area contributed by atoms with E-state index in [1.807, 2.05) is 12.1 Å². The Balaban J connectivity index is 1.40. The molecule has 1 amide bonds. The summed E-state index contributed by atoms with van der Waals surface area (Å²) < 4.78 is 31.7. The molecule has 2 saturated carbocycles. The molecule has 1 unspecified atom stereocenters. The molecule has 1 aromatic carbocycles. The molecule has 1 aliphatic heterocycles. The standard InChI is InChI=1S/C27H35N3O6S/c31-16-24(32)23-14-29-26(15-28-23)30-27(33)21(7-1-17-9-11-36-12-10-17)19-4-8-25(22(13-19)18-2-3-18)37(34,35)20-5-6-20/h4,8,13-15,17-18,20-21,24,31-32H,1-3,5-7,9-12,16H2,(H,29,30,33)/t21-,24?/m1/s1. The van der Waals surface area contributed by atoms with Crippen LogP contribution in [-0.4, -0.2) is 59.6 Å². The number of carbonyl (C=O) groups is 1. The Kier molecular flexibility index (Phi) is 7.90. The number of hydrogen-bond acceptors (Lipinski definition) is 8. The first-order valence-corrected chi connectivity index (χ1v) is 14.8. The maximum absolute atomic E-state index is 13.5. The lowest BCUT2D eigenvalue weighted by Gasteiger charge is -2.25. The van der Waals surface area contributed by atoms with Gasteiger partial charge in [-0.15, -0.1) is 0 Å². The van der Waals surface area contributed by atoms with Crippen molar-refractivity contribution in [2.45, 2.75) is 79.5 Å². The Hall–Kier alpha value is -2.40. The van der Waals surface area contributed by atoms with Gasteiger partial charge < -0.3 is 20.3 Å². The summed E-state index contributed by atoms with van der Waals surface area (Å²) in [6.45, 7) is 1.01. The van der Waals surface area contributed by atoms with Crippen molar-refractivity contribution in [3.05, 3.63) is 47.4 Å². The summed E-state index contributed by atoms with van der Waals surface area (Å²) in [6.07, 6.45) is 8.39. The molecule has 3 N–H and O–H groups in total. The maximum Gasteiger partial charge on any atom is 0.233 e. The molecule has 200 valence electrons. The van der Waals surface area contributed by atoms with Crippen molar-refractivity contribution in [3.63, 3.8) is 0 Å². The number of ether oxygens (including phenoxy) is 1. The second kappa shape index (κ2) is 11.1. The number of aliphatic hydroxyl groups excluding tert-OH is 2. The Morgan fingerprint density at radius 1 is 1.08 bits per heavy atom. The number of hydrogen-bond donors (Lipinski definition) is 3. The second-order valence-electron chi connectivity index (χ2n) is 10.5. The molecule has 3 aliphatic rings. The van der Waals surface area contributed by atoms with Gasteiger partial charge in [0.05, 0.1) is 40.8 Å². The van der Waals surface area contributed by atoms with Crippen molar-refractivity contribution < 1.29 is 28.2 Å². The highest BCUT2D eigenvalue weighted by atomic mass is 32.2. The average Bonchev–Trinajstić information content (AvgIpc) is 3.82. The summed E-state index contributed by atoms with van der Waals surface area (Å²) in [5.41, 5.74) is 1.90. The molecule has 2 heterocycles. The molecule has 2 aliphatic carbocycles. The van der Waals surface area contributed by atoms with Crippen molar-refractivity contribution in [3.8, 4) is 0 Å². The minimum atomic E-state index is -3.33. The fourth-order valence-corrected chi connectivity index (χ4v) is 7.01. The van der Waals surface area contributed by atoms with E-state index in [1.165, 1.54) is 12.4 Å². The van der Waals surface area contributed by atoms with Crippen LogP contribution in [0.2, 0.25) is 0 Å². The number of benzene rings is 1. The predicted octanol–water partition coefficient (Wildman–Crippen LogP) is 3.24. The number of nitrogens with zero attached hydrogens (tertiary/aromatic N) is 2. The van der Waals surface area contributed by atoms with Crippen LogP contribution in [0.15, 0.2) is 35.5 Å². The summed E-state index contributed by atoms with van der Waals surface area (Å²) in [7, 11) is -3.33. The first-order chi connectivity index (χ1) is 17.9. The number of sulfone groups is 1. The van der Waals surface area contributed by atoms with Gasteiger partial charge in [0.2, 0.25) is 5.91 Å². The number of anilines is 1. The molecule has 0 radical (unpaired) electrons. The van der Waals surface area contributed by atoms with Gasteiger partial charge in [-0.05, 0) is 80.4 Å². The van der Waals surface area contributed by atoms with E-state index in [0.29, 0.717) is 17.2 Å². The van der Waals surface area contributed by atoms with Crippen molar-refractivity contribution in [2.75, 3.05) is 25.1 Å². The quantitative estimate of drug-likeness (QED) is 0.403. The lowest BCUT2D eigenvalue weighted by molar-refractivity contribution is -0.117. The molecular weight excluding hydrogens is 494 g/mol. The Bertz CT molecular complexity index is 1210. The largest absolute Gasteiger partial charge is 0.393 e. The lowest BCUT2D eigenvalue weighted by Crippen LogP contribution is -2.24. The second-order valence-corrected chi connectivity index (χ2v) is 12.7. The molecule has 1 aromatic heterocycles. The van der Waals surface area contributed by atoms with E-state index < -0.39 is 28.5 Å². The Morgan fingerprint density at radius 2 is 1.84 bits per heavy atom. The summed E-state index contributed by atoms with van der Waals surface area (Å²) in [5, 5.41) is 21.4. The molecule has 10 heteroatoms. The summed E-state index contributed by atoms with van der Waals surface area (Å²) in [6, 6.07) is 5.48. The fourth-order valence-electron chi connectivity index (χ4n) is 5.08. The van der Waals surface area contributed by atoms with Crippen LogP contribution < -0.4 is 5.32 Å². The van der Waals surface area contributed by atoms with Crippen LogP contribution in [0, 0.1) is 5.92 Å². The van der Waals surface area contributed by atoms with Crippen LogP contribution in [0.4, 0.5) is 5.82 Å². The SMILES string of the molecule is O=C(Nc1cnc(C(O)CO)cn1)[C@H](CCC1CCOCC1)c1ccc(S(=O)(=O)C2CC2)c(C2CC2)c1. The zero-order chi connectivity index (χ0) is 26.0. The normalized spacial score (nSPS) is 20.4. The monoisotopic (exact) mass is 529 g/mol. The van der Waals surface area contributed by atoms with Gasteiger partial charge in [0, 0.05) is 13.2 Å². The van der Waals surface area contributed by atoms with E-state index in [4.69, 9.17) is 9.84 Å². The molecule has 5 rings (SSSR count). The topological polar surface area (TPSA) is 139 Å². The average molecular weight is 530 g/mol. The van der Waals surface area contributed by atoms with E-state index in [-0.39, 0.29) is 28.6 Å². The van der Waals surface area contributed by atoms with Gasteiger partial charge in [0.15, 0.2) is 15.7 Å². The van der Waals surface area contributed by atoms with Crippen molar-refractivity contribution in [2.24, 2.45) is 5.92 Å². The van der Waals surface area contributed by atoms with Gasteiger partial charge in [-0.1, -0.05) is 12.1 Å². The van der Waals surface area contributed by atoms with Crippen LogP contribution in [0.3, 0.4) is 0 Å². The first kappa shape index (κ1) is 26.2. The number of nitrogens with one attached hydrogen (secondary N) is 1. The molecule has 2 aromatic rings. The molecule has 0 bridgehead atoms. The van der Waals surface area contributed by atoms with Gasteiger partial charge in [-0.2, -0.15) is 0 Å². The lowest BCUT2D eigenvalue weighted by atomic mass is 9.86. The van der Waals surface area contributed by atoms with Gasteiger partial charge in [0.1, 0.15) is 6.10 Å². The van der Waals surface area contributed by atoms with Gasteiger partial charge in [-0.25, -0.2) is 13.4 Å². The van der Waals surface area contributed by atoms with Crippen LogP contribution >= 0.6 is 0 Å². The minimum absolute atomic E-state index is 0.220. The van der Waals surface area contributed by atoms with Crippen LogP contribution in [0.25, 0.3) is 0 Å². The predicted molar refractivity (Wildman–Crippen MR) is 137 cm³/mol. The molecule has 3 fully saturated rings. The highest BCUT2D eigenvalue weighted by Crippen LogP contribution is 2.46. The van der Waals surface area contributed by atoms with Gasteiger partial charge >= 0.3 is 0 Å². The number of aliphatic hydroxyl groups is 2. The van der Waals surface area contributed by atoms with E-state index >= 15 is 0 Å². The first-order valence-electron chi connectivity index (χ1n) is 13.2. The van der Waals surface area contributed by atoms with Crippen LogP contribution in [0.1, 0.15) is 86.1 Å². The molecular formula is C27H35N3O6S. The highest BCUT2D eigenvalue weighted by molar-refractivity contribution is 7.92. The molecule has 9 nitrogen and oxygen atoms in total. The zero-order valence-corrected chi connectivity index (χ0v) is 21.7. The van der Waals surface area contributed by atoms with Crippen LogP contribution in [-0.2, 0) is 19.4 Å². The van der Waals surface area contributed by atoms with E-state index in [1.54, 1.807) is 6.07 Å². The van der Waals surface area contributed by atoms with E-state index in [9.17, 15) is 18.3 Å². The van der Waals surface area contributed by atoms with Crippen LogP contribution in [0.5, 0.6) is 0 Å². The molecule has 0 spiro atoms. The van der Waals surface area contributed by atoms with Gasteiger partial charge in [0.25, 0.3) is 0 Å². The third kappa shape index (κ3) is 6.19. The Labute approximate surface area is 217 Å². The highest BCUT2D eigenvalue weighted by Gasteiger charge is 2.40. The van der Waals surface area contributed by atoms with E-state index in [2.05, 4.69) is 15.3 Å². The fraction of sp³-hybridized carbons (Fsp3) is 0.593. The third-order valence-corrected chi connectivity index (χ3v) is 10.0. The number of rotatable bonds is 11. The smallest absolute Gasteiger partial charge is 0.233 e. The van der Waals surface area contributed by atoms with Crippen molar-refractivity contribution in [1.29, 1.82) is 0 Å². The number of amides is 1. The molecule has 1 saturated heterocycles. The maximum atomic E-state index is 13.5. The Morgan fingerprint density at radius 3 is 2.46 bits per heavy atom. The summed E-state index contributed by atoms with van der Waals surface area (Å²) in [4.78, 5) is 22.3. The molecule has 37 heavy (non-hydrogen) atoms. The zero-order valence-electron chi connectivity index (χ0n) is 20.9. The third-order valence-electron chi connectivity index (χ3n) is 7.68.